The summed E-state index contributed by atoms with van der Waals surface area (Å²) in [5.74, 6) is -0.132. The lowest BCUT2D eigenvalue weighted by Crippen LogP contribution is -2.13. The summed E-state index contributed by atoms with van der Waals surface area (Å²) in [6.07, 6.45) is 0. The van der Waals surface area contributed by atoms with Crippen LogP contribution in [0.5, 0.6) is 11.5 Å². The van der Waals surface area contributed by atoms with Crippen LogP contribution in [0, 0.1) is 0 Å². The Hall–Kier alpha value is -3.27. The number of carbonyl (C=O) groups excluding carboxylic acids is 1. The van der Waals surface area contributed by atoms with Gasteiger partial charge in [-0.15, -0.1) is 0 Å². The maximum atomic E-state index is 12.5. The number of amides is 1. The van der Waals surface area contributed by atoms with Crippen molar-refractivity contribution in [2.45, 2.75) is 5.92 Å². The smallest absolute Gasteiger partial charge is 0.236 e. The van der Waals surface area contributed by atoms with Crippen LogP contribution < -0.4 is 5.32 Å². The van der Waals surface area contributed by atoms with E-state index in [1.54, 1.807) is 36.4 Å². The quantitative estimate of drug-likeness (QED) is 0.672. The highest BCUT2D eigenvalue weighted by molar-refractivity contribution is 6.07. The van der Waals surface area contributed by atoms with Crippen LogP contribution >= 0.6 is 0 Å². The molecule has 3 aromatic carbocycles. The first-order valence-electron chi connectivity index (χ1n) is 7.65. The molecule has 0 radical (unpaired) electrons. The average molecular weight is 317 g/mol. The van der Waals surface area contributed by atoms with Crippen LogP contribution in [0.15, 0.2) is 66.7 Å². The second-order valence-corrected chi connectivity index (χ2v) is 5.83. The molecule has 1 aliphatic heterocycles. The number of phenols is 2. The molecule has 4 nitrogen and oxygen atoms in total. The molecule has 0 aromatic heterocycles. The summed E-state index contributed by atoms with van der Waals surface area (Å²) in [7, 11) is 0. The number of hydrogen-bond acceptors (Lipinski definition) is 3. The zero-order valence-corrected chi connectivity index (χ0v) is 12.7. The van der Waals surface area contributed by atoms with Crippen molar-refractivity contribution in [1.82, 2.24) is 0 Å². The molecule has 0 aliphatic carbocycles. The number of aromatic hydroxyl groups is 2. The molecule has 1 unspecified atom stereocenters. The van der Waals surface area contributed by atoms with Gasteiger partial charge in [0.2, 0.25) is 5.91 Å². The zero-order chi connectivity index (χ0) is 16.7. The lowest BCUT2D eigenvalue weighted by molar-refractivity contribution is -0.116. The molecule has 1 heterocycles. The van der Waals surface area contributed by atoms with Gasteiger partial charge in [-0.3, -0.25) is 4.79 Å². The van der Waals surface area contributed by atoms with Gasteiger partial charge >= 0.3 is 0 Å². The Morgan fingerprint density at radius 1 is 0.792 bits per heavy atom. The first kappa shape index (κ1) is 14.3. The van der Waals surface area contributed by atoms with E-state index in [0.29, 0.717) is 0 Å². The summed E-state index contributed by atoms with van der Waals surface area (Å²) in [6, 6.07) is 19.4. The van der Waals surface area contributed by atoms with Gasteiger partial charge in [-0.05, 0) is 47.0 Å². The number of fused-ring (bicyclic) bond motifs is 1. The molecule has 3 N–H and O–H groups in total. The van der Waals surface area contributed by atoms with Gasteiger partial charge in [-0.25, -0.2) is 0 Å². The van der Waals surface area contributed by atoms with E-state index in [-0.39, 0.29) is 17.4 Å². The first-order chi connectivity index (χ1) is 11.6. The third-order valence-electron chi connectivity index (χ3n) is 4.32. The minimum absolute atomic E-state index is 0.0816. The predicted octanol–water partition coefficient (Wildman–Crippen LogP) is 3.85. The highest BCUT2D eigenvalue weighted by Gasteiger charge is 2.34. The summed E-state index contributed by atoms with van der Waals surface area (Å²) in [5.41, 5.74) is 4.42. The summed E-state index contributed by atoms with van der Waals surface area (Å²) in [5, 5.41) is 21.9. The van der Waals surface area contributed by atoms with Gasteiger partial charge in [0.1, 0.15) is 11.5 Å². The lowest BCUT2D eigenvalue weighted by Gasteiger charge is -2.14. The van der Waals surface area contributed by atoms with Crippen molar-refractivity contribution in [1.29, 1.82) is 0 Å². The third kappa shape index (κ3) is 2.29. The van der Waals surface area contributed by atoms with Crippen molar-refractivity contribution in [2.75, 3.05) is 5.32 Å². The number of phenolic OH excluding ortho intramolecular Hbond substituents is 2. The largest absolute Gasteiger partial charge is 0.508 e. The highest BCUT2D eigenvalue weighted by atomic mass is 16.3. The number of hydrogen-bond donors (Lipinski definition) is 3. The fourth-order valence-corrected chi connectivity index (χ4v) is 3.20. The Morgan fingerprint density at radius 3 is 2.08 bits per heavy atom. The third-order valence-corrected chi connectivity index (χ3v) is 4.32. The summed E-state index contributed by atoms with van der Waals surface area (Å²) in [4.78, 5) is 12.5. The van der Waals surface area contributed by atoms with Crippen LogP contribution in [0.4, 0.5) is 5.69 Å². The van der Waals surface area contributed by atoms with E-state index in [9.17, 15) is 15.0 Å². The number of carbonyl (C=O) groups is 1. The Kier molecular flexibility index (Phi) is 3.24. The Balaban J connectivity index is 1.89. The van der Waals surface area contributed by atoms with Crippen LogP contribution in [0.1, 0.15) is 17.0 Å². The molecule has 0 fully saturated rings. The number of benzene rings is 3. The maximum absolute atomic E-state index is 12.5. The maximum Gasteiger partial charge on any atom is 0.236 e. The van der Waals surface area contributed by atoms with E-state index >= 15 is 0 Å². The average Bonchev–Trinajstić information content (AvgIpc) is 2.92. The molecule has 3 aromatic rings. The fraction of sp³-hybridized carbons (Fsp3) is 0.0500. The van der Waals surface area contributed by atoms with E-state index in [4.69, 9.17) is 0 Å². The number of anilines is 1. The molecule has 24 heavy (non-hydrogen) atoms. The van der Waals surface area contributed by atoms with Gasteiger partial charge in [-0.1, -0.05) is 36.4 Å². The van der Waals surface area contributed by atoms with Crippen LogP contribution in [0.3, 0.4) is 0 Å². The Morgan fingerprint density at radius 2 is 1.42 bits per heavy atom. The van der Waals surface area contributed by atoms with Gasteiger partial charge in [-0.2, -0.15) is 0 Å². The molecule has 0 saturated carbocycles. The van der Waals surface area contributed by atoms with Crippen molar-refractivity contribution in [3.63, 3.8) is 0 Å². The lowest BCUT2D eigenvalue weighted by atomic mass is 9.87. The van der Waals surface area contributed by atoms with Crippen molar-refractivity contribution in [3.8, 4) is 22.6 Å². The van der Waals surface area contributed by atoms with E-state index in [1.807, 2.05) is 30.3 Å². The van der Waals surface area contributed by atoms with Gasteiger partial charge in [0.05, 0.1) is 5.92 Å². The van der Waals surface area contributed by atoms with Crippen molar-refractivity contribution >= 4 is 11.6 Å². The van der Waals surface area contributed by atoms with E-state index in [0.717, 1.165) is 27.9 Å². The van der Waals surface area contributed by atoms with Crippen LogP contribution in [-0.2, 0) is 4.79 Å². The Labute approximate surface area is 139 Å². The van der Waals surface area contributed by atoms with E-state index in [1.165, 1.54) is 0 Å². The molecule has 118 valence electrons. The molecule has 4 rings (SSSR count). The fourth-order valence-electron chi connectivity index (χ4n) is 3.20. The second kappa shape index (κ2) is 5.42. The molecule has 1 aliphatic rings. The zero-order valence-electron chi connectivity index (χ0n) is 12.7. The molecular formula is C20H15NO3. The monoisotopic (exact) mass is 317 g/mol. The van der Waals surface area contributed by atoms with Gasteiger partial charge in [0, 0.05) is 11.3 Å². The van der Waals surface area contributed by atoms with Crippen molar-refractivity contribution < 1.29 is 15.0 Å². The molecule has 0 bridgehead atoms. The van der Waals surface area contributed by atoms with Crippen LogP contribution in [-0.4, -0.2) is 16.1 Å². The first-order valence-corrected chi connectivity index (χ1v) is 7.65. The summed E-state index contributed by atoms with van der Waals surface area (Å²) in [6.45, 7) is 0. The second-order valence-electron chi connectivity index (χ2n) is 5.83. The van der Waals surface area contributed by atoms with Crippen molar-refractivity contribution in [2.24, 2.45) is 0 Å². The normalized spacial score (nSPS) is 15.8. The molecule has 0 saturated heterocycles. The Bertz CT molecular complexity index is 915. The number of rotatable bonds is 2. The van der Waals surface area contributed by atoms with E-state index in [2.05, 4.69) is 5.32 Å². The minimum Gasteiger partial charge on any atom is -0.508 e. The van der Waals surface area contributed by atoms with E-state index < -0.39 is 5.92 Å². The SMILES string of the molecule is O=C1Nc2cccc(-c3ccc(O)cc3)c2C1c1ccc(O)cc1. The molecule has 1 amide bonds. The highest BCUT2D eigenvalue weighted by Crippen LogP contribution is 2.43. The number of nitrogens with one attached hydrogen (secondary N) is 1. The summed E-state index contributed by atoms with van der Waals surface area (Å²) >= 11 is 0. The summed E-state index contributed by atoms with van der Waals surface area (Å²) < 4.78 is 0. The molecular weight excluding hydrogens is 302 g/mol. The van der Waals surface area contributed by atoms with Crippen LogP contribution in [0.25, 0.3) is 11.1 Å². The predicted molar refractivity (Wildman–Crippen MR) is 92.1 cm³/mol. The minimum atomic E-state index is -0.425. The van der Waals surface area contributed by atoms with Gasteiger partial charge in [0.15, 0.2) is 0 Å². The van der Waals surface area contributed by atoms with Crippen molar-refractivity contribution in [3.05, 3.63) is 77.9 Å². The molecule has 4 heteroatoms. The van der Waals surface area contributed by atoms with Gasteiger partial charge < -0.3 is 15.5 Å². The van der Waals surface area contributed by atoms with Crippen LogP contribution in [0.2, 0.25) is 0 Å². The topological polar surface area (TPSA) is 69.6 Å². The van der Waals surface area contributed by atoms with Gasteiger partial charge in [0.25, 0.3) is 0 Å². The standard InChI is InChI=1S/C20H15NO3/c22-14-8-4-12(5-9-14)16-2-1-3-17-19(16)18(20(24)21-17)13-6-10-15(23)11-7-13/h1-11,18,22-23H,(H,21,24). The molecule has 1 atom stereocenters. The molecule has 0 spiro atoms.